The van der Waals surface area contributed by atoms with Crippen LogP contribution in [0.25, 0.3) is 21.5 Å². The molecule has 1 fully saturated rings. The first-order chi connectivity index (χ1) is 19.5. The molecule has 0 aliphatic carbocycles. The van der Waals surface area contributed by atoms with Crippen LogP contribution in [0.5, 0.6) is 23.5 Å². The number of fused-ring (bicyclic) bond motifs is 2. The lowest BCUT2D eigenvalue weighted by Crippen LogP contribution is -2.31. The number of carbonyl (C=O) groups is 2. The number of hydrogen-bond acceptors (Lipinski definition) is 8. The molecule has 0 unspecified atom stereocenters. The monoisotopic (exact) mass is 572 g/mol. The first-order valence-corrected chi connectivity index (χ1v) is 13.5. The van der Waals surface area contributed by atoms with Crippen LogP contribution in [0.2, 0.25) is 0 Å². The highest BCUT2D eigenvalue weighted by Gasteiger charge is 2.23. The normalized spacial score (nSPS) is 13.4. The summed E-state index contributed by atoms with van der Waals surface area (Å²) in [5, 5.41) is 1.68. The van der Waals surface area contributed by atoms with Crippen LogP contribution >= 0.6 is 23.2 Å². The van der Waals surface area contributed by atoms with Crippen molar-refractivity contribution >= 4 is 61.2 Å². The Labute approximate surface area is 239 Å². The van der Waals surface area contributed by atoms with E-state index in [-0.39, 0.29) is 34.6 Å². The Kier molecular flexibility index (Phi) is 7.19. The van der Waals surface area contributed by atoms with Gasteiger partial charge in [0, 0.05) is 23.9 Å². The maximum Gasteiger partial charge on any atom is 0.330 e. The highest BCUT2D eigenvalue weighted by Crippen LogP contribution is 2.37. The van der Waals surface area contributed by atoms with Crippen LogP contribution in [0, 0.1) is 0 Å². The fourth-order valence-electron chi connectivity index (χ4n) is 4.85. The van der Waals surface area contributed by atoms with Gasteiger partial charge in [0.15, 0.2) is 11.5 Å². The van der Waals surface area contributed by atoms with Gasteiger partial charge in [-0.3, -0.25) is 9.59 Å². The van der Waals surface area contributed by atoms with Crippen molar-refractivity contribution in [3.05, 3.63) is 83.9 Å². The van der Waals surface area contributed by atoms with Gasteiger partial charge in [-0.25, -0.2) is 0 Å². The van der Waals surface area contributed by atoms with Crippen LogP contribution in [0.4, 0.5) is 5.95 Å². The molecule has 200 valence electrons. The van der Waals surface area contributed by atoms with E-state index in [0.717, 1.165) is 43.1 Å². The number of piperidine rings is 1. The van der Waals surface area contributed by atoms with Gasteiger partial charge in [-0.2, -0.15) is 9.97 Å². The van der Waals surface area contributed by atoms with Crippen molar-refractivity contribution in [1.29, 1.82) is 0 Å². The summed E-state index contributed by atoms with van der Waals surface area (Å²) in [4.78, 5) is 40.2. The van der Waals surface area contributed by atoms with Gasteiger partial charge in [-0.15, -0.1) is 4.98 Å². The highest BCUT2D eigenvalue weighted by atomic mass is 35.5. The molecule has 0 radical (unpaired) electrons. The van der Waals surface area contributed by atoms with E-state index in [1.165, 1.54) is 0 Å². The largest absolute Gasteiger partial charge is 0.423 e. The summed E-state index contributed by atoms with van der Waals surface area (Å²) in [6, 6.07) is 21.5. The molecule has 5 aromatic rings. The van der Waals surface area contributed by atoms with Crippen LogP contribution in [0.15, 0.2) is 72.8 Å². The summed E-state index contributed by atoms with van der Waals surface area (Å²) in [7, 11) is 0. The molecule has 40 heavy (non-hydrogen) atoms. The Balaban J connectivity index is 1.49. The van der Waals surface area contributed by atoms with Gasteiger partial charge in [-0.1, -0.05) is 60.7 Å². The number of nitrogens with zero attached hydrogens (tertiary/aromatic N) is 4. The van der Waals surface area contributed by atoms with Gasteiger partial charge < -0.3 is 14.4 Å². The van der Waals surface area contributed by atoms with Gasteiger partial charge in [-0.05, 0) is 65.4 Å². The van der Waals surface area contributed by atoms with E-state index in [9.17, 15) is 9.59 Å². The smallest absolute Gasteiger partial charge is 0.330 e. The van der Waals surface area contributed by atoms with Crippen molar-refractivity contribution in [2.45, 2.75) is 19.3 Å². The summed E-state index contributed by atoms with van der Waals surface area (Å²) >= 11 is 11.8. The number of ether oxygens (including phenoxy) is 2. The number of rotatable bonds is 7. The lowest BCUT2D eigenvalue weighted by Gasteiger charge is -2.26. The topological polar surface area (TPSA) is 94.5 Å². The summed E-state index contributed by atoms with van der Waals surface area (Å²) in [5.74, 6) is 0.806. The lowest BCUT2D eigenvalue weighted by molar-refractivity contribution is 0.107. The molecule has 4 aromatic carbocycles. The molecule has 0 bridgehead atoms. The minimum atomic E-state index is -0.677. The third kappa shape index (κ3) is 5.15. The number of carbonyl (C=O) groups excluding carboxylic acids is 2. The summed E-state index contributed by atoms with van der Waals surface area (Å²) in [6.07, 6.45) is 3.09. The zero-order valence-electron chi connectivity index (χ0n) is 21.1. The van der Waals surface area contributed by atoms with Gasteiger partial charge >= 0.3 is 12.0 Å². The zero-order chi connectivity index (χ0) is 27.6. The van der Waals surface area contributed by atoms with Crippen LogP contribution in [0.3, 0.4) is 0 Å². The lowest BCUT2D eigenvalue weighted by atomic mass is 10.1. The maximum atomic E-state index is 12.3. The van der Waals surface area contributed by atoms with E-state index in [2.05, 4.69) is 15.0 Å². The second-order valence-electron chi connectivity index (χ2n) is 9.33. The maximum absolute atomic E-state index is 12.3. The van der Waals surface area contributed by atoms with Gasteiger partial charge in [0.1, 0.15) is 0 Å². The number of halogens is 2. The van der Waals surface area contributed by atoms with Crippen molar-refractivity contribution in [2.24, 2.45) is 0 Å². The van der Waals surface area contributed by atoms with Gasteiger partial charge in [0.25, 0.3) is 10.5 Å². The predicted octanol–water partition coefficient (Wildman–Crippen LogP) is 7.51. The van der Waals surface area contributed by atoms with Crippen molar-refractivity contribution in [3.8, 4) is 23.5 Å². The Morgan fingerprint density at radius 3 is 1.57 bits per heavy atom. The Bertz CT molecular complexity index is 1660. The molecule has 0 atom stereocenters. The molecule has 1 aromatic heterocycles. The van der Waals surface area contributed by atoms with E-state index in [1.807, 2.05) is 53.4 Å². The van der Waals surface area contributed by atoms with Crippen LogP contribution in [-0.2, 0) is 0 Å². The molecule has 8 nitrogen and oxygen atoms in total. The molecule has 0 amide bonds. The van der Waals surface area contributed by atoms with E-state index in [4.69, 9.17) is 32.7 Å². The van der Waals surface area contributed by atoms with Crippen LogP contribution in [0.1, 0.15) is 40.0 Å². The van der Waals surface area contributed by atoms with Crippen molar-refractivity contribution < 1.29 is 19.1 Å². The van der Waals surface area contributed by atoms with Crippen molar-refractivity contribution in [1.82, 2.24) is 15.0 Å². The average molecular weight is 573 g/mol. The first kappa shape index (κ1) is 26.0. The second kappa shape index (κ2) is 11.1. The van der Waals surface area contributed by atoms with Crippen molar-refractivity contribution in [3.63, 3.8) is 0 Å². The van der Waals surface area contributed by atoms with Crippen LogP contribution < -0.4 is 14.4 Å². The molecule has 1 aliphatic heterocycles. The fraction of sp³-hybridized carbons (Fsp3) is 0.167. The number of hydrogen-bond donors (Lipinski definition) is 0. The summed E-state index contributed by atoms with van der Waals surface area (Å²) in [5.41, 5.74) is 0.346. The Morgan fingerprint density at radius 2 is 1.10 bits per heavy atom. The summed E-state index contributed by atoms with van der Waals surface area (Å²) in [6.45, 7) is 1.50. The van der Waals surface area contributed by atoms with Gasteiger partial charge in [0.05, 0.1) is 11.1 Å². The Hall–Kier alpha value is -4.27. The van der Waals surface area contributed by atoms with Crippen molar-refractivity contribution in [2.75, 3.05) is 18.0 Å². The molecule has 1 aliphatic rings. The van der Waals surface area contributed by atoms with Gasteiger partial charge in [0.2, 0.25) is 5.95 Å². The molecule has 10 heteroatoms. The number of benzene rings is 4. The van der Waals surface area contributed by atoms with E-state index in [0.29, 0.717) is 16.7 Å². The fourth-order valence-corrected chi connectivity index (χ4v) is 5.15. The summed E-state index contributed by atoms with van der Waals surface area (Å²) < 4.78 is 12.4. The van der Waals surface area contributed by atoms with E-state index < -0.39 is 10.5 Å². The van der Waals surface area contributed by atoms with E-state index in [1.54, 1.807) is 24.3 Å². The molecule has 0 N–H and O–H groups in total. The predicted molar refractivity (Wildman–Crippen MR) is 154 cm³/mol. The molecule has 6 rings (SSSR count). The number of anilines is 1. The number of aromatic nitrogens is 3. The quantitative estimate of drug-likeness (QED) is 0.185. The van der Waals surface area contributed by atoms with Crippen LogP contribution in [-0.4, -0.2) is 38.5 Å². The third-order valence-corrected chi connectivity index (χ3v) is 7.20. The zero-order valence-corrected chi connectivity index (χ0v) is 22.7. The molecule has 0 spiro atoms. The molecule has 1 saturated heterocycles. The molecule has 0 saturated carbocycles. The SMILES string of the molecule is O=C(Cl)c1ccc2ccccc2c1Oc1nc(Oc2c(C(=O)Cl)ccc3ccccc23)nc(N2CCCCC2)n1. The third-order valence-electron chi connectivity index (χ3n) is 6.79. The average Bonchev–Trinajstić information content (AvgIpc) is 2.97. The minimum absolute atomic E-state index is 0.0833. The Morgan fingerprint density at radius 1 is 0.625 bits per heavy atom. The second-order valence-corrected chi connectivity index (χ2v) is 10.0. The first-order valence-electron chi connectivity index (χ1n) is 12.8. The minimum Gasteiger partial charge on any atom is -0.423 e. The molecule has 2 heterocycles. The standard InChI is InChI=1S/C30H22Cl2N4O4/c31-26(37)22-14-12-18-8-2-4-10-20(18)24(22)39-29-33-28(36-16-6-1-7-17-36)34-30(35-29)40-25-21-11-5-3-9-19(21)13-15-23(25)27(32)38/h2-5,8-15H,1,6-7,16-17H2. The highest BCUT2D eigenvalue weighted by molar-refractivity contribution is 6.68. The molecular formula is C30H22Cl2N4O4. The molecular weight excluding hydrogens is 551 g/mol. The van der Waals surface area contributed by atoms with E-state index >= 15 is 0 Å².